The summed E-state index contributed by atoms with van der Waals surface area (Å²) in [6, 6.07) is 9.27. The zero-order valence-electron chi connectivity index (χ0n) is 8.75. The van der Waals surface area contributed by atoms with Crippen molar-refractivity contribution in [2.75, 3.05) is 18.1 Å². The fourth-order valence-corrected chi connectivity index (χ4v) is 1.49. The fraction of sp³-hybridized carbons (Fsp3) is 0.167. The van der Waals surface area contributed by atoms with Crippen molar-refractivity contribution in [1.82, 2.24) is 9.97 Å². The Balaban J connectivity index is 2.31. The highest BCUT2D eigenvalue weighted by molar-refractivity contribution is 5.58. The van der Waals surface area contributed by atoms with Crippen molar-refractivity contribution in [2.45, 2.75) is 0 Å². The quantitative estimate of drug-likeness (QED) is 0.788. The number of hydrogen-bond acceptors (Lipinski definition) is 3. The second kappa shape index (κ2) is 5.21. The molecular formula is C12H12FN3. The molecule has 0 aromatic carbocycles. The van der Waals surface area contributed by atoms with Crippen LogP contribution in [0.4, 0.5) is 15.9 Å². The molecule has 82 valence electrons. The predicted molar refractivity (Wildman–Crippen MR) is 61.5 cm³/mol. The first-order valence-electron chi connectivity index (χ1n) is 5.06. The summed E-state index contributed by atoms with van der Waals surface area (Å²) in [5.41, 5.74) is 0.846. The van der Waals surface area contributed by atoms with Gasteiger partial charge in [-0.2, -0.15) is 0 Å². The summed E-state index contributed by atoms with van der Waals surface area (Å²) in [6.45, 7) is -0.145. The van der Waals surface area contributed by atoms with Crippen LogP contribution in [-0.4, -0.2) is 23.2 Å². The van der Waals surface area contributed by atoms with E-state index in [2.05, 4.69) is 9.97 Å². The second-order valence-corrected chi connectivity index (χ2v) is 3.24. The van der Waals surface area contributed by atoms with Crippen molar-refractivity contribution >= 4 is 11.5 Å². The number of alkyl halides is 1. The topological polar surface area (TPSA) is 29.0 Å². The van der Waals surface area contributed by atoms with Gasteiger partial charge in [-0.3, -0.25) is 4.98 Å². The van der Waals surface area contributed by atoms with Gasteiger partial charge in [0.05, 0.1) is 18.4 Å². The molecule has 0 saturated carbocycles. The van der Waals surface area contributed by atoms with E-state index >= 15 is 0 Å². The molecule has 2 aromatic rings. The van der Waals surface area contributed by atoms with Crippen LogP contribution in [0.3, 0.4) is 0 Å². The van der Waals surface area contributed by atoms with Gasteiger partial charge in [0.25, 0.3) is 0 Å². The van der Waals surface area contributed by atoms with Crippen molar-refractivity contribution in [2.24, 2.45) is 0 Å². The molecule has 16 heavy (non-hydrogen) atoms. The van der Waals surface area contributed by atoms with Gasteiger partial charge >= 0.3 is 0 Å². The highest BCUT2D eigenvalue weighted by Crippen LogP contribution is 2.21. The van der Waals surface area contributed by atoms with Crippen LogP contribution in [0.1, 0.15) is 0 Å². The van der Waals surface area contributed by atoms with Gasteiger partial charge < -0.3 is 4.90 Å². The first-order valence-corrected chi connectivity index (χ1v) is 5.06. The molecule has 4 heteroatoms. The van der Waals surface area contributed by atoms with Gasteiger partial charge in [0, 0.05) is 12.4 Å². The normalized spacial score (nSPS) is 10.1. The monoisotopic (exact) mass is 217 g/mol. The van der Waals surface area contributed by atoms with Crippen molar-refractivity contribution in [1.29, 1.82) is 0 Å². The van der Waals surface area contributed by atoms with Crippen molar-refractivity contribution in [3.63, 3.8) is 0 Å². The van der Waals surface area contributed by atoms with E-state index in [9.17, 15) is 4.39 Å². The Kier molecular flexibility index (Phi) is 3.43. The Labute approximate surface area is 93.6 Å². The highest BCUT2D eigenvalue weighted by Gasteiger charge is 2.09. The van der Waals surface area contributed by atoms with E-state index in [0.29, 0.717) is 0 Å². The molecule has 0 unspecified atom stereocenters. The average molecular weight is 217 g/mol. The van der Waals surface area contributed by atoms with Crippen molar-refractivity contribution in [3.8, 4) is 0 Å². The molecule has 0 aliphatic heterocycles. The van der Waals surface area contributed by atoms with Gasteiger partial charge in [0.15, 0.2) is 0 Å². The summed E-state index contributed by atoms with van der Waals surface area (Å²) >= 11 is 0. The largest absolute Gasteiger partial charge is 0.322 e. The van der Waals surface area contributed by atoms with Crippen LogP contribution in [-0.2, 0) is 0 Å². The number of aromatic nitrogens is 2. The molecule has 0 aliphatic rings. The van der Waals surface area contributed by atoms with Crippen LogP contribution >= 0.6 is 0 Å². The second-order valence-electron chi connectivity index (χ2n) is 3.24. The van der Waals surface area contributed by atoms with E-state index in [1.165, 1.54) is 0 Å². The Morgan fingerprint density at radius 3 is 2.69 bits per heavy atom. The lowest BCUT2D eigenvalue weighted by Crippen LogP contribution is -2.20. The van der Waals surface area contributed by atoms with Crippen LogP contribution in [0.2, 0.25) is 0 Å². The number of nitrogens with zero attached hydrogens (tertiary/aromatic N) is 3. The molecule has 2 rings (SSSR count). The minimum Gasteiger partial charge on any atom is -0.322 e. The minimum atomic E-state index is -0.425. The summed E-state index contributed by atoms with van der Waals surface area (Å²) in [4.78, 5) is 10.0. The first kappa shape index (κ1) is 10.5. The molecular weight excluding hydrogens is 205 g/mol. The molecule has 3 nitrogen and oxygen atoms in total. The average Bonchev–Trinajstić information content (AvgIpc) is 2.38. The first-order chi connectivity index (χ1) is 7.92. The molecule has 0 spiro atoms. The highest BCUT2D eigenvalue weighted by atomic mass is 19.1. The van der Waals surface area contributed by atoms with Crippen LogP contribution in [0.5, 0.6) is 0 Å². The van der Waals surface area contributed by atoms with Gasteiger partial charge in [-0.25, -0.2) is 9.37 Å². The van der Waals surface area contributed by atoms with Crippen molar-refractivity contribution < 1.29 is 4.39 Å². The Morgan fingerprint density at radius 1 is 1.12 bits per heavy atom. The molecule has 0 aliphatic carbocycles. The Bertz CT molecular complexity index is 379. The summed E-state index contributed by atoms with van der Waals surface area (Å²) in [5.74, 6) is 0.730. The van der Waals surface area contributed by atoms with E-state index in [1.54, 1.807) is 23.5 Å². The maximum Gasteiger partial charge on any atom is 0.133 e. The summed E-state index contributed by atoms with van der Waals surface area (Å²) in [6.07, 6.45) is 5.08. The zero-order valence-corrected chi connectivity index (χ0v) is 8.75. The molecule has 0 atom stereocenters. The van der Waals surface area contributed by atoms with Gasteiger partial charge in [-0.1, -0.05) is 6.07 Å². The maximum atomic E-state index is 12.5. The van der Waals surface area contributed by atoms with Gasteiger partial charge in [0.1, 0.15) is 12.5 Å². The molecule has 0 fully saturated rings. The predicted octanol–water partition coefficient (Wildman–Crippen LogP) is 2.58. The molecule has 0 N–H and O–H groups in total. The maximum absolute atomic E-state index is 12.5. The molecule has 0 amide bonds. The summed E-state index contributed by atoms with van der Waals surface area (Å²) in [5, 5.41) is 0. The number of pyridine rings is 2. The third-order valence-corrected chi connectivity index (χ3v) is 2.19. The Morgan fingerprint density at radius 2 is 2.06 bits per heavy atom. The third kappa shape index (κ3) is 2.34. The minimum absolute atomic E-state index is 0.280. The SMILES string of the molecule is FCCN(c1cccnc1)c1ccccn1. The van der Waals surface area contributed by atoms with Crippen LogP contribution in [0.15, 0.2) is 48.9 Å². The van der Waals surface area contributed by atoms with E-state index in [-0.39, 0.29) is 6.54 Å². The van der Waals surface area contributed by atoms with Crippen molar-refractivity contribution in [3.05, 3.63) is 48.9 Å². The molecule has 0 radical (unpaired) electrons. The van der Waals surface area contributed by atoms with Gasteiger partial charge in [-0.15, -0.1) is 0 Å². The third-order valence-electron chi connectivity index (χ3n) is 2.19. The summed E-state index contributed by atoms with van der Waals surface area (Å²) < 4.78 is 12.5. The van der Waals surface area contributed by atoms with Crippen LogP contribution < -0.4 is 4.90 Å². The lowest BCUT2D eigenvalue weighted by molar-refractivity contribution is 0.500. The lowest BCUT2D eigenvalue weighted by atomic mass is 10.3. The molecule has 0 bridgehead atoms. The zero-order chi connectivity index (χ0) is 11.2. The Hall–Kier alpha value is -1.97. The van der Waals surface area contributed by atoms with E-state index in [1.807, 2.05) is 30.3 Å². The fourth-order valence-electron chi connectivity index (χ4n) is 1.49. The van der Waals surface area contributed by atoms with E-state index in [0.717, 1.165) is 11.5 Å². The van der Waals surface area contributed by atoms with Gasteiger partial charge in [-0.05, 0) is 24.3 Å². The standard InChI is InChI=1S/C12H12FN3/c13-6-9-16(11-4-3-7-14-10-11)12-5-1-2-8-15-12/h1-5,7-8,10H,6,9H2. The lowest BCUT2D eigenvalue weighted by Gasteiger charge is -2.21. The number of anilines is 2. The van der Waals surface area contributed by atoms with Crippen LogP contribution in [0, 0.1) is 0 Å². The molecule has 2 aromatic heterocycles. The van der Waals surface area contributed by atoms with Crippen LogP contribution in [0.25, 0.3) is 0 Å². The molecule has 0 saturated heterocycles. The number of rotatable bonds is 4. The smallest absolute Gasteiger partial charge is 0.133 e. The summed E-state index contributed by atoms with van der Waals surface area (Å²) in [7, 11) is 0. The number of halogens is 1. The van der Waals surface area contributed by atoms with E-state index in [4.69, 9.17) is 0 Å². The van der Waals surface area contributed by atoms with E-state index < -0.39 is 6.67 Å². The molecule has 2 heterocycles. The van der Waals surface area contributed by atoms with Gasteiger partial charge in [0.2, 0.25) is 0 Å². The number of hydrogen-bond donors (Lipinski definition) is 0.